The van der Waals surface area contributed by atoms with Crippen molar-refractivity contribution in [3.8, 4) is 0 Å². The predicted molar refractivity (Wildman–Crippen MR) is 100 cm³/mol. The minimum Gasteiger partial charge on any atom is -0.199 e. The number of hydrogen-bond acceptors (Lipinski definition) is 4. The van der Waals surface area contributed by atoms with E-state index in [-0.39, 0.29) is 27.5 Å². The normalized spacial score (nSPS) is 30.6. The van der Waals surface area contributed by atoms with E-state index in [1.165, 1.54) is 0 Å². The molecule has 2 fully saturated rings. The molecule has 2 aliphatic rings. The van der Waals surface area contributed by atoms with Crippen molar-refractivity contribution in [2.45, 2.75) is 60.1 Å². The summed E-state index contributed by atoms with van der Waals surface area (Å²) < 4.78 is 29.9. The first kappa shape index (κ1) is 18.7. The number of rotatable bonds is 4. The van der Waals surface area contributed by atoms with Crippen LogP contribution in [-0.2, 0) is 20.7 Å². The maximum Gasteiger partial charge on any atom is 0.287 e. The first-order valence-electron chi connectivity index (χ1n) is 8.31. The third-order valence-corrected chi connectivity index (χ3v) is 9.56. The third kappa shape index (κ3) is 3.71. The van der Waals surface area contributed by atoms with E-state index in [0.717, 1.165) is 5.56 Å². The first-order chi connectivity index (χ1) is 12.5. The average Bonchev–Trinajstić information content (AvgIpc) is 2.59. The Hall–Kier alpha value is -2.06. The molecule has 0 N–H and O–H groups in total. The fourth-order valence-corrected chi connectivity index (χ4v) is 8.43. The molecule has 26 heavy (non-hydrogen) atoms. The molecule has 2 aliphatic heterocycles. The topological polar surface area (TPSA) is 144 Å². The summed E-state index contributed by atoms with van der Waals surface area (Å²) in [5.74, 6) is 0. The maximum absolute atomic E-state index is 12.8. The third-order valence-electron chi connectivity index (χ3n) is 4.88. The van der Waals surface area contributed by atoms with Crippen molar-refractivity contribution in [3.63, 3.8) is 0 Å². The lowest BCUT2D eigenvalue weighted by atomic mass is 9.92. The SMILES string of the molecule is Cc1ccc(S(=O)(=O)N=S2[C@@H]3CC[C@@H](N=[N+]=[N-])[C@H]2CC[C@H]3N=[N+]=[N-])cc1. The molecule has 1 aromatic carbocycles. The van der Waals surface area contributed by atoms with E-state index in [9.17, 15) is 8.42 Å². The standard InChI is InChI=1S/C15H19N7O2S2/c1-10-2-4-11(5-3-10)26(23,24)22-25-14-8-6-12(18-20-16)15(25)9-7-13(14)19-21-17/h2-5,12-15H,6-9H2,1H3/t12-,13-,14-,15-/m1/s1. The second-order valence-electron chi connectivity index (χ2n) is 6.49. The van der Waals surface area contributed by atoms with E-state index in [1.54, 1.807) is 24.3 Å². The Morgan fingerprint density at radius 3 is 1.92 bits per heavy atom. The zero-order chi connectivity index (χ0) is 18.7. The molecule has 3 rings (SSSR count). The molecule has 11 heteroatoms. The van der Waals surface area contributed by atoms with Gasteiger partial charge in [0.15, 0.2) is 0 Å². The molecule has 0 aromatic heterocycles. The van der Waals surface area contributed by atoms with Gasteiger partial charge in [0.05, 0.1) is 17.0 Å². The summed E-state index contributed by atoms with van der Waals surface area (Å²) in [5, 5.41) is 7.51. The molecular formula is C15H19N7O2S2. The highest BCUT2D eigenvalue weighted by Crippen LogP contribution is 2.39. The Morgan fingerprint density at radius 1 is 0.962 bits per heavy atom. The van der Waals surface area contributed by atoms with Crippen LogP contribution in [0.2, 0.25) is 0 Å². The van der Waals surface area contributed by atoms with Crippen LogP contribution in [0, 0.1) is 6.92 Å². The highest BCUT2D eigenvalue weighted by Gasteiger charge is 2.43. The summed E-state index contributed by atoms with van der Waals surface area (Å²) >= 11 is 0. The fraction of sp³-hybridized carbons (Fsp3) is 0.600. The van der Waals surface area contributed by atoms with Crippen molar-refractivity contribution < 1.29 is 8.42 Å². The van der Waals surface area contributed by atoms with Gasteiger partial charge in [-0.15, -0.1) is 3.77 Å². The quantitative estimate of drug-likeness (QED) is 0.429. The lowest BCUT2D eigenvalue weighted by Crippen LogP contribution is -2.49. The molecule has 138 valence electrons. The number of sulfonamides is 1. The van der Waals surface area contributed by atoms with Gasteiger partial charge >= 0.3 is 0 Å². The maximum atomic E-state index is 12.8. The minimum atomic E-state index is -3.83. The second kappa shape index (κ2) is 7.67. The van der Waals surface area contributed by atoms with E-state index >= 15 is 0 Å². The zero-order valence-electron chi connectivity index (χ0n) is 14.2. The highest BCUT2D eigenvalue weighted by molar-refractivity contribution is 8.00. The van der Waals surface area contributed by atoms with Gasteiger partial charge in [-0.2, -0.15) is 8.42 Å². The molecule has 0 saturated carbocycles. The van der Waals surface area contributed by atoms with E-state index in [4.69, 9.17) is 11.1 Å². The van der Waals surface area contributed by atoms with Gasteiger partial charge in [0.2, 0.25) is 0 Å². The summed E-state index contributed by atoms with van der Waals surface area (Å²) in [6.45, 7) is 1.88. The molecule has 1 aromatic rings. The summed E-state index contributed by atoms with van der Waals surface area (Å²) in [5.41, 5.74) is 18.6. The zero-order valence-corrected chi connectivity index (χ0v) is 15.8. The van der Waals surface area contributed by atoms with Crippen molar-refractivity contribution in [1.82, 2.24) is 0 Å². The van der Waals surface area contributed by atoms with E-state index in [1.807, 2.05) is 6.92 Å². The molecule has 0 spiro atoms. The van der Waals surface area contributed by atoms with Crippen LogP contribution in [0.25, 0.3) is 20.9 Å². The van der Waals surface area contributed by atoms with Crippen molar-refractivity contribution in [1.29, 1.82) is 0 Å². The van der Waals surface area contributed by atoms with Gasteiger partial charge in [0, 0.05) is 20.3 Å². The number of benzene rings is 1. The van der Waals surface area contributed by atoms with E-state index in [0.29, 0.717) is 25.7 Å². The number of azide groups is 2. The van der Waals surface area contributed by atoms with Crippen molar-refractivity contribution in [2.24, 2.45) is 14.0 Å². The van der Waals surface area contributed by atoms with E-state index < -0.39 is 20.7 Å². The smallest absolute Gasteiger partial charge is 0.199 e. The lowest BCUT2D eigenvalue weighted by molar-refractivity contribution is 0.401. The molecule has 2 saturated heterocycles. The van der Waals surface area contributed by atoms with Crippen LogP contribution in [0.3, 0.4) is 0 Å². The van der Waals surface area contributed by atoms with Gasteiger partial charge in [-0.3, -0.25) is 0 Å². The highest BCUT2D eigenvalue weighted by atomic mass is 32.3. The number of hydrogen-bond donors (Lipinski definition) is 0. The molecular weight excluding hydrogens is 374 g/mol. The Bertz CT molecular complexity index is 880. The number of fused-ring (bicyclic) bond motifs is 2. The van der Waals surface area contributed by atoms with Gasteiger partial charge in [0.25, 0.3) is 10.0 Å². The average molecular weight is 393 g/mol. The van der Waals surface area contributed by atoms with Crippen LogP contribution < -0.4 is 0 Å². The lowest BCUT2D eigenvalue weighted by Gasteiger charge is -2.43. The number of nitrogens with zero attached hydrogens (tertiary/aromatic N) is 7. The summed E-state index contributed by atoms with van der Waals surface area (Å²) in [7, 11) is -4.70. The van der Waals surface area contributed by atoms with Gasteiger partial charge < -0.3 is 0 Å². The van der Waals surface area contributed by atoms with Crippen LogP contribution in [0.4, 0.5) is 0 Å². The van der Waals surface area contributed by atoms with E-state index in [2.05, 4.69) is 23.8 Å². The van der Waals surface area contributed by atoms with Crippen molar-refractivity contribution >= 4 is 20.7 Å². The molecule has 0 radical (unpaired) electrons. The number of aryl methyl sites for hydroxylation is 1. The van der Waals surface area contributed by atoms with Gasteiger partial charge in [-0.25, -0.2) is 0 Å². The van der Waals surface area contributed by atoms with Crippen LogP contribution in [0.15, 0.2) is 43.2 Å². The fourth-order valence-electron chi connectivity index (χ4n) is 3.59. The second-order valence-corrected chi connectivity index (χ2v) is 10.4. The van der Waals surface area contributed by atoms with Gasteiger partial charge in [-0.1, -0.05) is 38.6 Å². The summed E-state index contributed by atoms with van der Waals surface area (Å²) in [4.78, 5) is 5.99. The monoisotopic (exact) mass is 393 g/mol. The Morgan fingerprint density at radius 2 is 1.46 bits per heavy atom. The predicted octanol–water partition coefficient (Wildman–Crippen LogP) is 4.17. The minimum absolute atomic E-state index is 0.116. The molecule has 0 aliphatic carbocycles. The molecule has 0 amide bonds. The van der Waals surface area contributed by atoms with Crippen LogP contribution in [-0.4, -0.2) is 31.0 Å². The summed E-state index contributed by atoms with van der Waals surface area (Å²) in [6, 6.07) is 6.05. The van der Waals surface area contributed by atoms with Gasteiger partial charge in [0.1, 0.15) is 0 Å². The van der Waals surface area contributed by atoms with Crippen molar-refractivity contribution in [2.75, 3.05) is 0 Å². The van der Waals surface area contributed by atoms with Crippen LogP contribution in [0.5, 0.6) is 0 Å². The molecule has 4 atom stereocenters. The summed E-state index contributed by atoms with van der Waals surface area (Å²) in [6.07, 6.45) is 2.61. The Kier molecular flexibility index (Phi) is 5.52. The Balaban J connectivity index is 2.05. The molecule has 2 bridgehead atoms. The molecule has 0 unspecified atom stereocenters. The first-order valence-corrected chi connectivity index (χ1v) is 11.1. The van der Waals surface area contributed by atoms with Crippen LogP contribution in [0.1, 0.15) is 31.2 Å². The van der Waals surface area contributed by atoms with Crippen LogP contribution >= 0.6 is 0 Å². The molecule has 2 heterocycles. The largest absolute Gasteiger partial charge is 0.287 e. The van der Waals surface area contributed by atoms with Gasteiger partial charge in [-0.05, 0) is 55.8 Å². The van der Waals surface area contributed by atoms with Crippen molar-refractivity contribution in [3.05, 3.63) is 50.7 Å². The Labute approximate surface area is 154 Å². The molecule has 9 nitrogen and oxygen atoms in total.